The van der Waals surface area contributed by atoms with Crippen molar-refractivity contribution in [2.45, 2.75) is 6.04 Å². The zero-order valence-electron chi connectivity index (χ0n) is 7.89. The molecule has 2 nitrogen and oxygen atoms in total. The van der Waals surface area contributed by atoms with Crippen molar-refractivity contribution < 1.29 is 0 Å². The average molecular weight is 209 g/mol. The Morgan fingerprint density at radius 3 is 2.79 bits per heavy atom. The molecule has 74 valence electrons. The van der Waals surface area contributed by atoms with Gasteiger partial charge in [-0.25, -0.2) is 0 Å². The third kappa shape index (κ3) is 1.56. The molecular formula is C11H13ClN2. The third-order valence-electron chi connectivity index (χ3n) is 2.77. The molecule has 14 heavy (non-hydrogen) atoms. The van der Waals surface area contributed by atoms with Crippen molar-refractivity contribution in [2.75, 3.05) is 19.6 Å². The molecule has 1 aromatic carbocycles. The lowest BCUT2D eigenvalue weighted by atomic mass is 10.1. The summed E-state index contributed by atoms with van der Waals surface area (Å²) in [5.74, 6) is 0. The van der Waals surface area contributed by atoms with Crippen molar-refractivity contribution in [1.82, 2.24) is 4.90 Å². The Kier molecular flexibility index (Phi) is 2.57. The Morgan fingerprint density at radius 2 is 2.00 bits per heavy atom. The summed E-state index contributed by atoms with van der Waals surface area (Å²) in [4.78, 5) is 7.06. The first-order valence-corrected chi connectivity index (χ1v) is 4.79. The summed E-state index contributed by atoms with van der Waals surface area (Å²) in [6.45, 7) is 3.34. The predicted octanol–water partition coefficient (Wildman–Crippen LogP) is 1.60. The molecule has 0 N–H and O–H groups in total. The van der Waals surface area contributed by atoms with Crippen molar-refractivity contribution in [3.05, 3.63) is 35.9 Å². The summed E-state index contributed by atoms with van der Waals surface area (Å²) in [6.07, 6.45) is 0. The first kappa shape index (κ1) is 9.69. The maximum absolute atomic E-state index is 4.60. The van der Waals surface area contributed by atoms with Crippen molar-refractivity contribution in [3.63, 3.8) is 0 Å². The van der Waals surface area contributed by atoms with Gasteiger partial charge in [0.2, 0.25) is 0 Å². The Balaban J connectivity index is 0.000000750. The topological polar surface area (TPSA) is 15.4 Å². The zero-order chi connectivity index (χ0) is 8.67. The van der Waals surface area contributed by atoms with E-state index in [4.69, 9.17) is 0 Å². The largest absolute Gasteiger partial charge is 0.290 e. The molecule has 0 aromatic heterocycles. The van der Waals surface area contributed by atoms with E-state index in [0.29, 0.717) is 6.04 Å². The van der Waals surface area contributed by atoms with E-state index in [2.05, 4.69) is 40.2 Å². The molecule has 3 heteroatoms. The quantitative estimate of drug-likeness (QED) is 0.640. The van der Waals surface area contributed by atoms with Crippen LogP contribution in [0.5, 0.6) is 0 Å². The number of nitrogens with zero attached hydrogens (tertiary/aromatic N) is 2. The fourth-order valence-electron chi connectivity index (χ4n) is 1.98. The van der Waals surface area contributed by atoms with E-state index in [-0.39, 0.29) is 12.4 Å². The Labute approximate surface area is 90.1 Å². The van der Waals surface area contributed by atoms with Gasteiger partial charge in [0.15, 0.2) is 0 Å². The minimum atomic E-state index is 0. The van der Waals surface area contributed by atoms with Crippen LogP contribution in [-0.4, -0.2) is 36.3 Å². The number of hydrogen-bond acceptors (Lipinski definition) is 2. The van der Waals surface area contributed by atoms with Crippen LogP contribution in [0.1, 0.15) is 5.56 Å². The molecule has 2 atom stereocenters. The standard InChI is InChI=1S/C11H12N2.ClH/c1-2-4-9(5-3-1)11-10-8-13(10)7-6-12-11;/h1-5,10H,6-8H2;1H. The number of benzene rings is 1. The van der Waals surface area contributed by atoms with Crippen LogP contribution in [0.2, 0.25) is 0 Å². The van der Waals surface area contributed by atoms with Crippen molar-refractivity contribution >= 4 is 18.1 Å². The molecule has 0 amide bonds. The second-order valence-corrected chi connectivity index (χ2v) is 3.64. The van der Waals surface area contributed by atoms with Crippen LogP contribution < -0.4 is 0 Å². The van der Waals surface area contributed by atoms with Gasteiger partial charge in [0, 0.05) is 13.1 Å². The van der Waals surface area contributed by atoms with Crippen molar-refractivity contribution in [1.29, 1.82) is 0 Å². The number of hydrogen-bond donors (Lipinski definition) is 0. The van der Waals surface area contributed by atoms with Gasteiger partial charge in [0.05, 0.1) is 18.3 Å². The summed E-state index contributed by atoms with van der Waals surface area (Å²) in [7, 11) is 0. The van der Waals surface area contributed by atoms with Gasteiger partial charge in [-0.3, -0.25) is 9.89 Å². The summed E-state index contributed by atoms with van der Waals surface area (Å²) in [5.41, 5.74) is 2.60. The van der Waals surface area contributed by atoms with Gasteiger partial charge in [0.25, 0.3) is 0 Å². The van der Waals surface area contributed by atoms with Gasteiger partial charge >= 0.3 is 0 Å². The number of fused-ring (bicyclic) bond motifs is 1. The van der Waals surface area contributed by atoms with E-state index in [0.717, 1.165) is 13.1 Å². The fraction of sp³-hybridized carbons (Fsp3) is 0.364. The van der Waals surface area contributed by atoms with Gasteiger partial charge in [-0.2, -0.15) is 0 Å². The zero-order valence-corrected chi connectivity index (χ0v) is 8.70. The fourth-order valence-corrected chi connectivity index (χ4v) is 1.98. The van der Waals surface area contributed by atoms with Crippen LogP contribution >= 0.6 is 12.4 Å². The molecule has 2 heterocycles. The highest BCUT2D eigenvalue weighted by molar-refractivity contribution is 6.06. The van der Waals surface area contributed by atoms with Gasteiger partial charge in [-0.05, 0) is 5.56 Å². The molecule has 2 aliphatic heterocycles. The summed E-state index contributed by atoms with van der Waals surface area (Å²) in [5, 5.41) is 0. The highest BCUT2D eigenvalue weighted by Gasteiger charge is 2.40. The van der Waals surface area contributed by atoms with Crippen molar-refractivity contribution in [3.8, 4) is 0 Å². The number of rotatable bonds is 1. The van der Waals surface area contributed by atoms with Crippen molar-refractivity contribution in [2.24, 2.45) is 4.99 Å². The summed E-state index contributed by atoms with van der Waals surface area (Å²) < 4.78 is 0. The monoisotopic (exact) mass is 208 g/mol. The number of aliphatic imine (C=N–C) groups is 1. The normalized spacial score (nSPS) is 28.4. The maximum Gasteiger partial charge on any atom is 0.0652 e. The SMILES string of the molecule is Cl.c1ccc(C2=NCCN3CC23)cc1. The predicted molar refractivity (Wildman–Crippen MR) is 60.5 cm³/mol. The molecule has 0 aliphatic carbocycles. The highest BCUT2D eigenvalue weighted by Crippen LogP contribution is 2.25. The van der Waals surface area contributed by atoms with Gasteiger partial charge in [0.1, 0.15) is 0 Å². The molecule has 0 saturated carbocycles. The second kappa shape index (κ2) is 3.71. The van der Waals surface area contributed by atoms with Crippen LogP contribution in [-0.2, 0) is 0 Å². The summed E-state index contributed by atoms with van der Waals surface area (Å²) >= 11 is 0. The third-order valence-corrected chi connectivity index (χ3v) is 2.77. The summed E-state index contributed by atoms with van der Waals surface area (Å²) in [6, 6.07) is 11.2. The van der Waals surface area contributed by atoms with Gasteiger partial charge in [-0.1, -0.05) is 30.3 Å². The minimum Gasteiger partial charge on any atom is -0.290 e. The van der Waals surface area contributed by atoms with Crippen LogP contribution in [0.25, 0.3) is 0 Å². The lowest BCUT2D eigenvalue weighted by Crippen LogP contribution is -2.22. The van der Waals surface area contributed by atoms with Crippen LogP contribution in [0.3, 0.4) is 0 Å². The van der Waals surface area contributed by atoms with E-state index in [1.54, 1.807) is 0 Å². The lowest BCUT2D eigenvalue weighted by molar-refractivity contribution is 0.536. The lowest BCUT2D eigenvalue weighted by Gasteiger charge is -2.12. The first-order valence-electron chi connectivity index (χ1n) is 4.79. The van der Waals surface area contributed by atoms with Crippen LogP contribution in [0.15, 0.2) is 35.3 Å². The number of halogens is 1. The van der Waals surface area contributed by atoms with E-state index in [9.17, 15) is 0 Å². The van der Waals surface area contributed by atoms with E-state index in [1.807, 2.05) is 0 Å². The Hall–Kier alpha value is -0.860. The molecule has 1 aromatic rings. The highest BCUT2D eigenvalue weighted by atomic mass is 35.5. The van der Waals surface area contributed by atoms with E-state index >= 15 is 0 Å². The van der Waals surface area contributed by atoms with Gasteiger partial charge < -0.3 is 0 Å². The van der Waals surface area contributed by atoms with E-state index in [1.165, 1.54) is 17.8 Å². The average Bonchev–Trinajstić information content (AvgIpc) is 2.97. The first-order chi connectivity index (χ1) is 6.45. The molecule has 2 unspecified atom stereocenters. The van der Waals surface area contributed by atoms with Crippen LogP contribution in [0.4, 0.5) is 0 Å². The molecular weight excluding hydrogens is 196 g/mol. The van der Waals surface area contributed by atoms with E-state index < -0.39 is 0 Å². The molecule has 0 spiro atoms. The Morgan fingerprint density at radius 1 is 1.21 bits per heavy atom. The molecule has 2 aliphatic rings. The van der Waals surface area contributed by atoms with Crippen LogP contribution in [0, 0.1) is 0 Å². The molecule has 0 radical (unpaired) electrons. The maximum atomic E-state index is 4.60. The molecule has 1 fully saturated rings. The smallest absolute Gasteiger partial charge is 0.0652 e. The molecule has 3 rings (SSSR count). The molecule has 1 saturated heterocycles. The minimum absolute atomic E-state index is 0. The second-order valence-electron chi connectivity index (χ2n) is 3.64. The Bertz CT molecular complexity index is 348. The van der Waals surface area contributed by atoms with Gasteiger partial charge in [-0.15, -0.1) is 12.4 Å². The molecule has 0 bridgehead atoms.